The molecule has 0 bridgehead atoms. The Morgan fingerprint density at radius 1 is 1.44 bits per heavy atom. The average Bonchev–Trinajstić information content (AvgIpc) is 1.85. The summed E-state index contributed by atoms with van der Waals surface area (Å²) in [7, 11) is 0. The number of aldehydes is 2. The minimum absolute atomic E-state index is 0.510. The molecule has 0 rings (SSSR count). The highest BCUT2D eigenvalue weighted by Gasteiger charge is 1.85. The molecule has 0 unspecified atom stereocenters. The van der Waals surface area contributed by atoms with Crippen LogP contribution < -0.4 is 0 Å². The van der Waals surface area contributed by atoms with E-state index in [1.54, 1.807) is 0 Å². The monoisotopic (exact) mass is 126 g/mol. The van der Waals surface area contributed by atoms with E-state index in [1.807, 2.05) is 6.92 Å². The van der Waals surface area contributed by atoms with Gasteiger partial charge in [-0.1, -0.05) is 5.57 Å². The van der Waals surface area contributed by atoms with Gasteiger partial charge in [0.2, 0.25) is 0 Å². The Bertz CT molecular complexity index is 125. The first-order valence-electron chi connectivity index (χ1n) is 2.86. The second kappa shape index (κ2) is 5.22. The van der Waals surface area contributed by atoms with Crippen LogP contribution in [0, 0.1) is 0 Å². The van der Waals surface area contributed by atoms with Crippen LogP contribution in [0.1, 0.15) is 19.8 Å². The predicted octanol–water partition coefficient (Wildman–Crippen LogP) is 1.11. The van der Waals surface area contributed by atoms with Crippen LogP contribution in [-0.2, 0) is 9.59 Å². The molecule has 0 radical (unpaired) electrons. The molecule has 0 fully saturated rings. The normalized spacial score (nSPS) is 11.0. The second-order valence-corrected chi connectivity index (χ2v) is 1.85. The predicted molar refractivity (Wildman–Crippen MR) is 35.1 cm³/mol. The summed E-state index contributed by atoms with van der Waals surface area (Å²) in [6, 6.07) is 0. The topological polar surface area (TPSA) is 34.1 Å². The minimum Gasteiger partial charge on any atom is -0.303 e. The summed E-state index contributed by atoms with van der Waals surface area (Å²) >= 11 is 0. The largest absolute Gasteiger partial charge is 0.303 e. The van der Waals surface area contributed by atoms with Crippen LogP contribution in [0.3, 0.4) is 0 Å². The van der Waals surface area contributed by atoms with Gasteiger partial charge in [0.15, 0.2) is 0 Å². The smallest absolute Gasteiger partial charge is 0.142 e. The van der Waals surface area contributed by atoms with Crippen molar-refractivity contribution in [2.24, 2.45) is 0 Å². The highest BCUT2D eigenvalue weighted by atomic mass is 16.1. The molecule has 0 saturated heterocycles. The molecule has 0 heterocycles. The number of carbonyl (C=O) groups excluding carboxylic acids is 2. The lowest BCUT2D eigenvalue weighted by atomic mass is 10.2. The maximum Gasteiger partial charge on any atom is 0.142 e. The molecule has 0 spiro atoms. The van der Waals surface area contributed by atoms with Crippen molar-refractivity contribution < 1.29 is 9.59 Å². The van der Waals surface area contributed by atoms with Crippen LogP contribution in [0.4, 0.5) is 0 Å². The van der Waals surface area contributed by atoms with Crippen LogP contribution in [-0.4, -0.2) is 12.6 Å². The van der Waals surface area contributed by atoms with Gasteiger partial charge in [-0.15, -0.1) is 0 Å². The third-order valence-corrected chi connectivity index (χ3v) is 1.01. The summed E-state index contributed by atoms with van der Waals surface area (Å²) in [5.74, 6) is 0. The van der Waals surface area contributed by atoms with Gasteiger partial charge in [-0.05, 0) is 19.4 Å². The van der Waals surface area contributed by atoms with E-state index in [0.717, 1.165) is 18.1 Å². The van der Waals surface area contributed by atoms with Crippen LogP contribution >= 0.6 is 0 Å². The van der Waals surface area contributed by atoms with E-state index in [2.05, 4.69) is 0 Å². The molecule has 0 aromatic carbocycles. The maximum absolute atomic E-state index is 9.81. The van der Waals surface area contributed by atoms with Crippen molar-refractivity contribution in [1.29, 1.82) is 0 Å². The minimum atomic E-state index is 0.510. The maximum atomic E-state index is 9.81. The lowest BCUT2D eigenvalue weighted by Gasteiger charge is -1.90. The molecule has 0 saturated carbocycles. The molecule has 2 nitrogen and oxygen atoms in total. The van der Waals surface area contributed by atoms with Gasteiger partial charge in [0.05, 0.1) is 0 Å². The molecule has 0 aromatic heterocycles. The number of rotatable bonds is 4. The van der Waals surface area contributed by atoms with E-state index in [-0.39, 0.29) is 0 Å². The quantitative estimate of drug-likeness (QED) is 0.417. The first-order valence-corrected chi connectivity index (χ1v) is 2.86. The van der Waals surface area contributed by atoms with Gasteiger partial charge < -0.3 is 4.79 Å². The van der Waals surface area contributed by atoms with E-state index in [1.165, 1.54) is 6.08 Å². The Hall–Kier alpha value is -0.920. The first-order chi connectivity index (χ1) is 4.31. The van der Waals surface area contributed by atoms with Crippen molar-refractivity contribution in [3.63, 3.8) is 0 Å². The molecule has 50 valence electrons. The number of carbonyl (C=O) groups is 2. The molecule has 0 N–H and O–H groups in total. The summed E-state index contributed by atoms with van der Waals surface area (Å²) in [5, 5.41) is 0. The molecule has 0 atom stereocenters. The SMILES string of the molecule is C/C(=C\C=O)CCC=O. The van der Waals surface area contributed by atoms with Gasteiger partial charge in [-0.3, -0.25) is 4.79 Å². The van der Waals surface area contributed by atoms with Crippen LogP contribution in [0.25, 0.3) is 0 Å². The fraction of sp³-hybridized carbons (Fsp3) is 0.429. The lowest BCUT2D eigenvalue weighted by Crippen LogP contribution is -1.79. The molecule has 0 aliphatic heterocycles. The zero-order chi connectivity index (χ0) is 7.11. The molecular formula is C7H10O2. The average molecular weight is 126 g/mol. The third-order valence-electron chi connectivity index (χ3n) is 1.01. The molecular weight excluding hydrogens is 116 g/mol. The van der Waals surface area contributed by atoms with Crippen molar-refractivity contribution in [1.82, 2.24) is 0 Å². The molecule has 2 heteroatoms. The Morgan fingerprint density at radius 3 is 2.56 bits per heavy atom. The summed E-state index contributed by atoms with van der Waals surface area (Å²) < 4.78 is 0. The summed E-state index contributed by atoms with van der Waals surface area (Å²) in [6.07, 6.45) is 4.27. The van der Waals surface area contributed by atoms with Crippen molar-refractivity contribution in [2.75, 3.05) is 0 Å². The third kappa shape index (κ3) is 4.94. The van der Waals surface area contributed by atoms with Crippen molar-refractivity contribution in [3.8, 4) is 0 Å². The first kappa shape index (κ1) is 8.08. The standard InChI is InChI=1S/C7H10O2/c1-7(4-6-9)3-2-5-8/h4-6H,2-3H2,1H3/b7-4+. The fourth-order valence-electron chi connectivity index (χ4n) is 0.486. The molecule has 0 amide bonds. The number of hydrogen-bond acceptors (Lipinski definition) is 2. The Balaban J connectivity index is 3.47. The number of allylic oxidation sites excluding steroid dienone is 2. The van der Waals surface area contributed by atoms with Crippen LogP contribution in [0.5, 0.6) is 0 Å². The van der Waals surface area contributed by atoms with E-state index >= 15 is 0 Å². The zero-order valence-electron chi connectivity index (χ0n) is 5.46. The Kier molecular flexibility index (Phi) is 4.69. The van der Waals surface area contributed by atoms with Crippen molar-refractivity contribution >= 4 is 12.6 Å². The Labute approximate surface area is 54.6 Å². The molecule has 0 aliphatic rings. The summed E-state index contributed by atoms with van der Waals surface area (Å²) in [5.41, 5.74) is 0.956. The van der Waals surface area contributed by atoms with Crippen LogP contribution in [0.15, 0.2) is 11.6 Å². The van der Waals surface area contributed by atoms with Gasteiger partial charge in [0, 0.05) is 6.42 Å². The van der Waals surface area contributed by atoms with Gasteiger partial charge in [-0.25, -0.2) is 0 Å². The zero-order valence-corrected chi connectivity index (χ0v) is 5.46. The highest BCUT2D eigenvalue weighted by Crippen LogP contribution is 1.99. The van der Waals surface area contributed by atoms with Gasteiger partial charge in [-0.2, -0.15) is 0 Å². The van der Waals surface area contributed by atoms with Crippen molar-refractivity contribution in [2.45, 2.75) is 19.8 Å². The van der Waals surface area contributed by atoms with E-state index in [0.29, 0.717) is 12.8 Å². The van der Waals surface area contributed by atoms with Gasteiger partial charge in [0.1, 0.15) is 12.6 Å². The van der Waals surface area contributed by atoms with E-state index < -0.39 is 0 Å². The van der Waals surface area contributed by atoms with Gasteiger partial charge >= 0.3 is 0 Å². The lowest BCUT2D eigenvalue weighted by molar-refractivity contribution is -0.108. The van der Waals surface area contributed by atoms with E-state index in [4.69, 9.17) is 0 Å². The van der Waals surface area contributed by atoms with E-state index in [9.17, 15) is 9.59 Å². The summed E-state index contributed by atoms with van der Waals surface area (Å²) in [4.78, 5) is 19.6. The molecule has 9 heavy (non-hydrogen) atoms. The van der Waals surface area contributed by atoms with Gasteiger partial charge in [0.25, 0.3) is 0 Å². The van der Waals surface area contributed by atoms with Crippen LogP contribution in [0.2, 0.25) is 0 Å². The molecule has 0 aliphatic carbocycles. The molecule has 0 aromatic rings. The Morgan fingerprint density at radius 2 is 2.11 bits per heavy atom. The number of hydrogen-bond donors (Lipinski definition) is 0. The summed E-state index contributed by atoms with van der Waals surface area (Å²) in [6.45, 7) is 1.83. The fourth-order valence-corrected chi connectivity index (χ4v) is 0.486. The highest BCUT2D eigenvalue weighted by molar-refractivity contribution is 5.66. The van der Waals surface area contributed by atoms with Crippen molar-refractivity contribution in [3.05, 3.63) is 11.6 Å². The second-order valence-electron chi connectivity index (χ2n) is 1.85.